The number of nitrogens with zero attached hydrogens (tertiary/aromatic N) is 1. The van der Waals surface area contributed by atoms with E-state index in [0.29, 0.717) is 6.54 Å². The van der Waals surface area contributed by atoms with Crippen LogP contribution in [0.4, 0.5) is 16.2 Å². The number of amides is 2. The predicted molar refractivity (Wildman–Crippen MR) is 116 cm³/mol. The Morgan fingerprint density at radius 3 is 2.14 bits per heavy atom. The van der Waals surface area contributed by atoms with Crippen LogP contribution in [0.5, 0.6) is 5.75 Å². The first-order chi connectivity index (χ1) is 13.7. The van der Waals surface area contributed by atoms with Crippen molar-refractivity contribution < 1.29 is 9.53 Å². The average Bonchev–Trinajstić information content (AvgIpc) is 2.73. The van der Waals surface area contributed by atoms with Crippen LogP contribution in [-0.4, -0.2) is 19.7 Å². The lowest BCUT2D eigenvalue weighted by atomic mass is 10.1. The molecule has 28 heavy (non-hydrogen) atoms. The summed E-state index contributed by atoms with van der Waals surface area (Å²) < 4.78 is 5.23. The molecule has 0 saturated heterocycles. The maximum absolute atomic E-state index is 13.0. The van der Waals surface area contributed by atoms with Gasteiger partial charge in [-0.15, -0.1) is 0 Å². The van der Waals surface area contributed by atoms with Crippen molar-refractivity contribution in [1.29, 1.82) is 0 Å². The van der Waals surface area contributed by atoms with E-state index in [-0.39, 0.29) is 6.03 Å². The highest BCUT2D eigenvalue weighted by Gasteiger charge is 2.16. The van der Waals surface area contributed by atoms with Crippen LogP contribution < -0.4 is 15.0 Å². The molecular weight excluding hydrogens is 348 g/mol. The molecule has 0 saturated carbocycles. The first-order valence-electron chi connectivity index (χ1n) is 9.15. The summed E-state index contributed by atoms with van der Waals surface area (Å²) >= 11 is 0. The summed E-state index contributed by atoms with van der Waals surface area (Å²) in [6.07, 6.45) is 2.09. The number of anilines is 2. The number of benzene rings is 3. The smallest absolute Gasteiger partial charge is 0.326 e. The van der Waals surface area contributed by atoms with Gasteiger partial charge in [0.15, 0.2) is 0 Å². The molecule has 0 heterocycles. The van der Waals surface area contributed by atoms with Gasteiger partial charge in [-0.1, -0.05) is 60.2 Å². The van der Waals surface area contributed by atoms with Gasteiger partial charge in [-0.2, -0.15) is 0 Å². The van der Waals surface area contributed by atoms with Gasteiger partial charge in [0.2, 0.25) is 0 Å². The maximum Gasteiger partial charge on any atom is 0.326 e. The van der Waals surface area contributed by atoms with E-state index in [1.807, 2.05) is 91.9 Å². The molecule has 1 N–H and O–H groups in total. The van der Waals surface area contributed by atoms with Crippen molar-refractivity contribution in [3.05, 3.63) is 96.1 Å². The number of para-hydroxylation sites is 1. The SMILES string of the molecule is COc1ccc(N(C/C(C)=C/c2ccccc2)C(=O)Nc2ccccc2)cc1. The summed E-state index contributed by atoms with van der Waals surface area (Å²) in [6, 6.07) is 26.8. The second kappa shape index (κ2) is 9.42. The Kier molecular flexibility index (Phi) is 6.47. The van der Waals surface area contributed by atoms with Gasteiger partial charge in [0.25, 0.3) is 0 Å². The number of urea groups is 1. The van der Waals surface area contributed by atoms with E-state index >= 15 is 0 Å². The second-order valence-corrected chi connectivity index (χ2v) is 6.48. The van der Waals surface area contributed by atoms with Crippen LogP contribution in [0.2, 0.25) is 0 Å². The minimum Gasteiger partial charge on any atom is -0.497 e. The Hall–Kier alpha value is -3.53. The topological polar surface area (TPSA) is 41.6 Å². The molecule has 4 heteroatoms. The van der Waals surface area contributed by atoms with Crippen LogP contribution in [0.3, 0.4) is 0 Å². The van der Waals surface area contributed by atoms with Crippen molar-refractivity contribution in [3.63, 3.8) is 0 Å². The Labute approximate surface area is 166 Å². The molecule has 0 aliphatic carbocycles. The lowest BCUT2D eigenvalue weighted by Crippen LogP contribution is -2.36. The highest BCUT2D eigenvalue weighted by Crippen LogP contribution is 2.22. The van der Waals surface area contributed by atoms with E-state index in [1.165, 1.54) is 0 Å². The fraction of sp³-hybridized carbons (Fsp3) is 0.125. The van der Waals surface area contributed by atoms with E-state index in [9.17, 15) is 4.79 Å². The number of ether oxygens (including phenoxy) is 1. The second-order valence-electron chi connectivity index (χ2n) is 6.48. The molecule has 142 valence electrons. The maximum atomic E-state index is 13.0. The number of rotatable bonds is 6. The van der Waals surface area contributed by atoms with Crippen molar-refractivity contribution in [2.75, 3.05) is 23.9 Å². The summed E-state index contributed by atoms with van der Waals surface area (Å²) in [4.78, 5) is 14.7. The standard InChI is InChI=1S/C24H24N2O2/c1-19(17-20-9-5-3-6-10-20)18-26(22-13-15-23(28-2)16-14-22)24(27)25-21-11-7-4-8-12-21/h3-17H,18H2,1-2H3,(H,25,27)/b19-17+. The van der Waals surface area contributed by atoms with Crippen LogP contribution in [0, 0.1) is 0 Å². The Balaban J connectivity index is 1.84. The molecule has 0 bridgehead atoms. The van der Waals surface area contributed by atoms with E-state index in [4.69, 9.17) is 4.74 Å². The summed E-state index contributed by atoms with van der Waals surface area (Å²) in [6.45, 7) is 2.50. The molecular formula is C24H24N2O2. The van der Waals surface area contributed by atoms with Gasteiger partial charge >= 0.3 is 6.03 Å². The zero-order chi connectivity index (χ0) is 19.8. The summed E-state index contributed by atoms with van der Waals surface area (Å²) in [5.41, 5.74) is 3.74. The van der Waals surface area contributed by atoms with Crippen molar-refractivity contribution in [1.82, 2.24) is 0 Å². The van der Waals surface area contributed by atoms with Crippen LogP contribution >= 0.6 is 0 Å². The lowest BCUT2D eigenvalue weighted by Gasteiger charge is -2.24. The van der Waals surface area contributed by atoms with Crippen molar-refractivity contribution in [2.45, 2.75) is 6.92 Å². The molecule has 3 aromatic rings. The van der Waals surface area contributed by atoms with Crippen LogP contribution in [-0.2, 0) is 0 Å². The van der Waals surface area contributed by atoms with Gasteiger partial charge in [0.1, 0.15) is 5.75 Å². The summed E-state index contributed by atoms with van der Waals surface area (Å²) in [5.74, 6) is 0.753. The fourth-order valence-corrected chi connectivity index (χ4v) is 2.88. The molecule has 0 aromatic heterocycles. The Morgan fingerprint density at radius 1 is 0.929 bits per heavy atom. The highest BCUT2D eigenvalue weighted by atomic mass is 16.5. The fourth-order valence-electron chi connectivity index (χ4n) is 2.88. The molecule has 0 spiro atoms. The van der Waals surface area contributed by atoms with E-state index in [1.54, 1.807) is 12.0 Å². The zero-order valence-corrected chi connectivity index (χ0v) is 16.1. The number of methoxy groups -OCH3 is 1. The molecule has 2 amide bonds. The van der Waals surface area contributed by atoms with E-state index in [2.05, 4.69) is 11.4 Å². The minimum atomic E-state index is -0.183. The van der Waals surface area contributed by atoms with Crippen molar-refractivity contribution >= 4 is 23.5 Å². The summed E-state index contributed by atoms with van der Waals surface area (Å²) in [5, 5.41) is 2.97. The van der Waals surface area contributed by atoms with Gasteiger partial charge in [0, 0.05) is 17.9 Å². The number of hydrogen-bond donors (Lipinski definition) is 1. The molecule has 0 aliphatic rings. The van der Waals surface area contributed by atoms with Gasteiger partial charge in [-0.05, 0) is 48.9 Å². The molecule has 0 radical (unpaired) electrons. The van der Waals surface area contributed by atoms with Gasteiger partial charge in [0.05, 0.1) is 7.11 Å². The summed E-state index contributed by atoms with van der Waals surface area (Å²) in [7, 11) is 1.63. The molecule has 0 fully saturated rings. The molecule has 4 nitrogen and oxygen atoms in total. The average molecular weight is 372 g/mol. The van der Waals surface area contributed by atoms with E-state index in [0.717, 1.165) is 28.3 Å². The third-order valence-electron chi connectivity index (χ3n) is 4.27. The van der Waals surface area contributed by atoms with Crippen LogP contribution in [0.25, 0.3) is 6.08 Å². The number of hydrogen-bond acceptors (Lipinski definition) is 2. The van der Waals surface area contributed by atoms with Crippen LogP contribution in [0.1, 0.15) is 12.5 Å². The predicted octanol–water partition coefficient (Wildman–Crippen LogP) is 5.84. The van der Waals surface area contributed by atoms with Gasteiger partial charge < -0.3 is 10.1 Å². The first kappa shape index (κ1) is 19.2. The highest BCUT2D eigenvalue weighted by molar-refractivity contribution is 6.02. The number of carbonyl (C=O) groups is 1. The minimum absolute atomic E-state index is 0.183. The number of nitrogens with one attached hydrogen (secondary N) is 1. The molecule has 3 rings (SSSR count). The van der Waals surface area contributed by atoms with Gasteiger partial charge in [-0.3, -0.25) is 4.90 Å². The normalized spacial score (nSPS) is 11.0. The molecule has 0 aliphatic heterocycles. The lowest BCUT2D eigenvalue weighted by molar-refractivity contribution is 0.257. The molecule has 3 aromatic carbocycles. The zero-order valence-electron chi connectivity index (χ0n) is 16.1. The first-order valence-corrected chi connectivity index (χ1v) is 9.15. The van der Waals surface area contributed by atoms with Gasteiger partial charge in [-0.25, -0.2) is 4.79 Å². The Bertz CT molecular complexity index is 920. The largest absolute Gasteiger partial charge is 0.497 e. The van der Waals surface area contributed by atoms with Crippen LogP contribution in [0.15, 0.2) is 90.5 Å². The third-order valence-corrected chi connectivity index (χ3v) is 4.27. The molecule has 0 atom stereocenters. The Morgan fingerprint density at radius 2 is 1.54 bits per heavy atom. The quantitative estimate of drug-likeness (QED) is 0.591. The van der Waals surface area contributed by atoms with Crippen molar-refractivity contribution in [2.24, 2.45) is 0 Å². The molecule has 0 unspecified atom stereocenters. The monoisotopic (exact) mass is 372 g/mol. The third kappa shape index (κ3) is 5.24. The number of carbonyl (C=O) groups excluding carboxylic acids is 1. The van der Waals surface area contributed by atoms with Crippen molar-refractivity contribution in [3.8, 4) is 5.75 Å². The van der Waals surface area contributed by atoms with E-state index < -0.39 is 0 Å².